The van der Waals surface area contributed by atoms with E-state index in [0.29, 0.717) is 9.22 Å². The molecule has 0 bridgehead atoms. The van der Waals surface area contributed by atoms with Gasteiger partial charge in [0.05, 0.1) is 10.5 Å². The molecule has 13 heavy (non-hydrogen) atoms. The molecule has 0 atom stereocenters. The number of aliphatic hydroxyl groups is 1. The zero-order valence-corrected chi connectivity index (χ0v) is 9.52. The first kappa shape index (κ1) is 10.8. The maximum Gasteiger partial charge on any atom is 0.168 e. The Morgan fingerprint density at radius 2 is 2.23 bits per heavy atom. The van der Waals surface area contributed by atoms with E-state index >= 15 is 0 Å². The van der Waals surface area contributed by atoms with Crippen molar-refractivity contribution in [3.8, 4) is 0 Å². The largest absolute Gasteiger partial charge is 0.385 e. The van der Waals surface area contributed by atoms with Crippen LogP contribution in [-0.4, -0.2) is 20.6 Å². The number of nitrogens with two attached hydrogens (primary N) is 1. The maximum absolute atomic E-state index is 11.4. The minimum atomic E-state index is -2.77. The standard InChI is InChI=1S/C7H14N2O2S2/c1-7(2,10)5-4-9-6(12-5)13(3,8)11/h4,10,13H,1-3H3,(H2,8,11). The molecular weight excluding hydrogens is 208 g/mol. The van der Waals surface area contributed by atoms with Crippen molar-refractivity contribution in [1.29, 1.82) is 0 Å². The van der Waals surface area contributed by atoms with Crippen molar-refractivity contribution in [3.63, 3.8) is 0 Å². The molecule has 0 aliphatic carbocycles. The van der Waals surface area contributed by atoms with Crippen LogP contribution in [-0.2, 0) is 15.7 Å². The van der Waals surface area contributed by atoms with Crippen LogP contribution in [0.25, 0.3) is 0 Å². The first-order valence-corrected chi connectivity index (χ1v) is 6.80. The average molecular weight is 222 g/mol. The van der Waals surface area contributed by atoms with Crippen LogP contribution in [0.2, 0.25) is 0 Å². The molecule has 1 aromatic heterocycles. The second kappa shape index (κ2) is 3.13. The van der Waals surface area contributed by atoms with Crippen LogP contribution in [0.15, 0.2) is 10.5 Å². The van der Waals surface area contributed by atoms with Gasteiger partial charge in [-0.15, -0.1) is 11.3 Å². The van der Waals surface area contributed by atoms with Crippen LogP contribution >= 0.6 is 11.3 Å². The predicted octanol–water partition coefficient (Wildman–Crippen LogP) is 0.250. The van der Waals surface area contributed by atoms with Gasteiger partial charge in [0.1, 0.15) is 0 Å². The molecule has 0 aromatic carbocycles. The van der Waals surface area contributed by atoms with E-state index in [4.69, 9.17) is 5.14 Å². The number of nitrogens with zero attached hydrogens (tertiary/aromatic N) is 1. The minimum Gasteiger partial charge on any atom is -0.385 e. The zero-order valence-electron chi connectivity index (χ0n) is 7.81. The Balaban J connectivity index is 3.08. The van der Waals surface area contributed by atoms with Crippen LogP contribution in [0.5, 0.6) is 0 Å². The molecule has 6 heteroatoms. The van der Waals surface area contributed by atoms with E-state index in [0.717, 1.165) is 0 Å². The van der Waals surface area contributed by atoms with Crippen molar-refractivity contribution >= 4 is 21.5 Å². The van der Waals surface area contributed by atoms with Crippen LogP contribution in [0.3, 0.4) is 0 Å². The molecule has 0 spiro atoms. The topological polar surface area (TPSA) is 76.2 Å². The van der Waals surface area contributed by atoms with Gasteiger partial charge in [-0.25, -0.2) is 4.98 Å². The monoisotopic (exact) mass is 222 g/mol. The number of hydrogen-bond acceptors (Lipinski definition) is 4. The lowest BCUT2D eigenvalue weighted by Crippen LogP contribution is -2.20. The predicted molar refractivity (Wildman–Crippen MR) is 55.3 cm³/mol. The molecule has 1 aromatic rings. The van der Waals surface area contributed by atoms with Crippen molar-refractivity contribution in [2.75, 3.05) is 6.26 Å². The lowest BCUT2D eigenvalue weighted by molar-refractivity contribution is 0.0823. The van der Waals surface area contributed by atoms with Gasteiger partial charge in [-0.1, -0.05) is 0 Å². The molecule has 0 aliphatic rings. The van der Waals surface area contributed by atoms with Crippen molar-refractivity contribution in [3.05, 3.63) is 11.1 Å². The molecule has 1 heterocycles. The molecule has 0 radical (unpaired) electrons. The smallest absolute Gasteiger partial charge is 0.168 e. The Bertz CT molecular complexity index is 348. The molecule has 1 rings (SSSR count). The summed E-state index contributed by atoms with van der Waals surface area (Å²) >= 11 is 1.20. The quantitative estimate of drug-likeness (QED) is 0.628. The van der Waals surface area contributed by atoms with Crippen molar-refractivity contribution in [2.24, 2.45) is 5.14 Å². The van der Waals surface area contributed by atoms with E-state index < -0.39 is 15.7 Å². The number of hydrogen-bond donors (Lipinski definition) is 3. The third-order valence-electron chi connectivity index (χ3n) is 1.48. The molecule has 0 unspecified atom stereocenters. The third kappa shape index (κ3) is 2.57. The molecule has 0 fully saturated rings. The second-order valence-electron chi connectivity index (χ2n) is 3.56. The van der Waals surface area contributed by atoms with Gasteiger partial charge in [0, 0.05) is 12.5 Å². The summed E-state index contributed by atoms with van der Waals surface area (Å²) < 4.78 is 11.8. The summed E-state index contributed by atoms with van der Waals surface area (Å²) in [5, 5.41) is 15.0. The second-order valence-corrected chi connectivity index (χ2v) is 7.29. The number of thiazole rings is 1. The van der Waals surface area contributed by atoms with Crippen LogP contribution < -0.4 is 5.14 Å². The van der Waals surface area contributed by atoms with Crippen LogP contribution in [0, 0.1) is 0 Å². The lowest BCUT2D eigenvalue weighted by atomic mass is 10.1. The molecular formula is C7H14N2O2S2. The van der Waals surface area contributed by atoms with Crippen molar-refractivity contribution < 1.29 is 9.32 Å². The summed E-state index contributed by atoms with van der Waals surface area (Å²) in [6.45, 7) is 3.31. The molecule has 3 N–H and O–H groups in total. The summed E-state index contributed by atoms with van der Waals surface area (Å²) in [7, 11) is -2.77. The van der Waals surface area contributed by atoms with Gasteiger partial charge in [-0.2, -0.15) is 0 Å². The Hall–Kier alpha value is -0.300. The molecule has 0 saturated carbocycles. The van der Waals surface area contributed by atoms with Gasteiger partial charge < -0.3 is 5.11 Å². The van der Waals surface area contributed by atoms with Gasteiger partial charge >= 0.3 is 0 Å². The van der Waals surface area contributed by atoms with Crippen LogP contribution in [0.1, 0.15) is 18.7 Å². The van der Waals surface area contributed by atoms with E-state index in [2.05, 4.69) is 4.98 Å². The SMILES string of the molecule is CC(C)(O)c1cnc([SH](C)(N)=O)s1. The summed E-state index contributed by atoms with van der Waals surface area (Å²) in [5.41, 5.74) is -0.939. The fourth-order valence-corrected chi connectivity index (χ4v) is 2.72. The lowest BCUT2D eigenvalue weighted by Gasteiger charge is -2.13. The minimum absolute atomic E-state index is 0.407. The highest BCUT2D eigenvalue weighted by Gasteiger charge is 2.21. The van der Waals surface area contributed by atoms with E-state index in [1.165, 1.54) is 23.8 Å². The molecule has 4 nitrogen and oxygen atoms in total. The fraction of sp³-hybridized carbons (Fsp3) is 0.571. The summed E-state index contributed by atoms with van der Waals surface area (Å²) in [5.74, 6) is 0. The number of rotatable bonds is 2. The van der Waals surface area contributed by atoms with Gasteiger partial charge in [-0.05, 0) is 24.0 Å². The number of thiol groups is 1. The molecule has 0 aliphatic heterocycles. The summed E-state index contributed by atoms with van der Waals surface area (Å²) in [6.07, 6.45) is 2.98. The highest BCUT2D eigenvalue weighted by Crippen LogP contribution is 2.28. The highest BCUT2D eigenvalue weighted by molar-refractivity contribution is 8.01. The van der Waals surface area contributed by atoms with Crippen molar-refractivity contribution in [1.82, 2.24) is 4.98 Å². The van der Waals surface area contributed by atoms with Gasteiger partial charge in [0.2, 0.25) is 0 Å². The van der Waals surface area contributed by atoms with Gasteiger partial charge in [0.25, 0.3) is 0 Å². The van der Waals surface area contributed by atoms with Gasteiger partial charge in [-0.3, -0.25) is 9.35 Å². The summed E-state index contributed by atoms with van der Waals surface area (Å²) in [6, 6.07) is 0. The van der Waals surface area contributed by atoms with Gasteiger partial charge in [0.15, 0.2) is 4.34 Å². The van der Waals surface area contributed by atoms with Crippen LogP contribution in [0.4, 0.5) is 0 Å². The van der Waals surface area contributed by atoms with Crippen molar-refractivity contribution in [2.45, 2.75) is 23.8 Å². The first-order chi connectivity index (χ1) is 5.71. The fourth-order valence-electron chi connectivity index (χ4n) is 0.753. The first-order valence-electron chi connectivity index (χ1n) is 3.76. The van der Waals surface area contributed by atoms with E-state index in [1.807, 2.05) is 0 Å². The zero-order chi connectivity index (χ0) is 10.3. The summed E-state index contributed by atoms with van der Waals surface area (Å²) in [4.78, 5) is 4.60. The van der Waals surface area contributed by atoms with E-state index in [-0.39, 0.29) is 0 Å². The molecule has 0 amide bonds. The Kier molecular flexibility index (Phi) is 2.59. The number of aromatic nitrogens is 1. The Labute approximate surface area is 82.4 Å². The highest BCUT2D eigenvalue weighted by atomic mass is 32.3. The van der Waals surface area contributed by atoms with E-state index in [9.17, 15) is 9.32 Å². The van der Waals surface area contributed by atoms with E-state index in [1.54, 1.807) is 13.8 Å². The molecule has 76 valence electrons. The normalized spacial score (nSPS) is 14.5. The Morgan fingerprint density at radius 3 is 2.46 bits per heavy atom. The molecule has 0 saturated heterocycles. The Morgan fingerprint density at radius 1 is 1.69 bits per heavy atom. The maximum atomic E-state index is 11.4. The third-order valence-corrected chi connectivity index (χ3v) is 4.83. The average Bonchev–Trinajstić information content (AvgIpc) is 2.28.